The zero-order valence-corrected chi connectivity index (χ0v) is 26.4. The molecule has 0 saturated carbocycles. The number of hydrogen-bond acceptors (Lipinski definition) is 8. The molecule has 1 aliphatic rings. The van der Waals surface area contributed by atoms with Gasteiger partial charge in [-0.05, 0) is 63.8 Å². The Hall–Kier alpha value is -3.94. The van der Waals surface area contributed by atoms with Gasteiger partial charge in [-0.3, -0.25) is 18.6 Å². The van der Waals surface area contributed by atoms with E-state index < -0.39 is 22.2 Å². The fourth-order valence-electron chi connectivity index (χ4n) is 5.07. The van der Waals surface area contributed by atoms with Crippen molar-refractivity contribution < 1.29 is 28.2 Å². The Bertz CT molecular complexity index is 1460. The Morgan fingerprint density at radius 1 is 1.14 bits per heavy atom. The van der Waals surface area contributed by atoms with Crippen LogP contribution < -0.4 is 20.3 Å². The predicted molar refractivity (Wildman–Crippen MR) is 171 cm³/mol. The number of aromatic nitrogens is 2. The van der Waals surface area contributed by atoms with Crippen molar-refractivity contribution in [3.63, 3.8) is 0 Å². The minimum Gasteiger partial charge on any atom is -0.483 e. The van der Waals surface area contributed by atoms with Gasteiger partial charge >= 0.3 is 0 Å². The van der Waals surface area contributed by atoms with E-state index in [0.29, 0.717) is 49.4 Å². The maximum Gasteiger partial charge on any atom is 0.290 e. The minimum absolute atomic E-state index is 0.0943. The lowest BCUT2D eigenvalue weighted by Gasteiger charge is -2.29. The lowest BCUT2D eigenvalue weighted by Crippen LogP contribution is -2.48. The average Bonchev–Trinajstić information content (AvgIpc) is 3.36. The van der Waals surface area contributed by atoms with Crippen LogP contribution in [0.3, 0.4) is 0 Å². The highest BCUT2D eigenvalue weighted by Crippen LogP contribution is 2.28. The summed E-state index contributed by atoms with van der Waals surface area (Å²) in [4.78, 5) is 22.0. The van der Waals surface area contributed by atoms with Crippen LogP contribution in [0.5, 0.6) is 0 Å². The van der Waals surface area contributed by atoms with Crippen molar-refractivity contribution in [1.29, 1.82) is 0 Å². The number of nitrogens with zero attached hydrogens (tertiary/aromatic N) is 3. The van der Waals surface area contributed by atoms with Crippen LogP contribution in [0.2, 0.25) is 0 Å². The summed E-state index contributed by atoms with van der Waals surface area (Å²) < 4.78 is 28.9. The van der Waals surface area contributed by atoms with Gasteiger partial charge in [0.25, 0.3) is 12.4 Å². The lowest BCUT2D eigenvalue weighted by molar-refractivity contribution is -0.122. The summed E-state index contributed by atoms with van der Waals surface area (Å²) in [6, 6.07) is 14.2. The summed E-state index contributed by atoms with van der Waals surface area (Å²) in [5, 5.41) is 32.1. The van der Waals surface area contributed by atoms with Crippen molar-refractivity contribution in [3.05, 3.63) is 77.1 Å². The predicted octanol–water partition coefficient (Wildman–Crippen LogP) is 2.77. The van der Waals surface area contributed by atoms with E-state index >= 15 is 0 Å². The largest absolute Gasteiger partial charge is 0.483 e. The number of amides is 1. The number of sulfonamides is 1. The Balaban J connectivity index is 0.00000169. The molecule has 1 amide bonds. The first-order valence-electron chi connectivity index (χ1n) is 14.9. The van der Waals surface area contributed by atoms with Crippen LogP contribution in [0, 0.1) is 6.92 Å². The number of anilines is 2. The van der Waals surface area contributed by atoms with Gasteiger partial charge in [0.2, 0.25) is 10.0 Å². The van der Waals surface area contributed by atoms with Gasteiger partial charge in [-0.25, -0.2) is 8.42 Å². The van der Waals surface area contributed by atoms with Crippen molar-refractivity contribution >= 4 is 33.8 Å². The summed E-state index contributed by atoms with van der Waals surface area (Å²) >= 11 is 0. The Morgan fingerprint density at radius 2 is 1.86 bits per heavy atom. The fourth-order valence-corrected chi connectivity index (χ4v) is 6.69. The first-order valence-corrected chi connectivity index (χ1v) is 16.5. The number of aliphatic hydroxyl groups excluding tert-OH is 1. The number of rotatable bonds is 13. The number of aryl methyl sites for hydroxylation is 2. The molecule has 240 valence electrons. The van der Waals surface area contributed by atoms with E-state index in [2.05, 4.69) is 21.0 Å². The number of aliphatic hydroxyl groups is 1. The van der Waals surface area contributed by atoms with Gasteiger partial charge in [-0.1, -0.05) is 30.3 Å². The molecule has 44 heavy (non-hydrogen) atoms. The van der Waals surface area contributed by atoms with E-state index in [1.54, 1.807) is 18.2 Å². The van der Waals surface area contributed by atoms with E-state index in [1.807, 2.05) is 62.0 Å². The molecule has 2 atom stereocenters. The Labute approximate surface area is 259 Å². The Kier molecular flexibility index (Phi) is 13.2. The molecule has 0 aliphatic carbocycles. The monoisotopic (exact) mass is 628 g/mol. The SMILES string of the molecule is CCNc1cc(C(=O)N[C@@H](Cc2ccccc2)[C@H](O)CNCc2cn(CC)nc2C)cc(N2CCCCS2(=O)=O)c1.O=CO. The molecule has 4 rings (SSSR count). The second-order valence-electron chi connectivity index (χ2n) is 10.6. The van der Waals surface area contributed by atoms with Crippen molar-refractivity contribution in [3.8, 4) is 0 Å². The second-order valence-corrected chi connectivity index (χ2v) is 12.6. The smallest absolute Gasteiger partial charge is 0.290 e. The maximum absolute atomic E-state index is 13.6. The second kappa shape index (κ2) is 16.8. The molecule has 12 nitrogen and oxygen atoms in total. The molecule has 1 aromatic heterocycles. The van der Waals surface area contributed by atoms with Gasteiger partial charge in [0.1, 0.15) is 0 Å². The third kappa shape index (κ3) is 9.79. The average molecular weight is 629 g/mol. The fraction of sp³-hybridized carbons (Fsp3) is 0.452. The van der Waals surface area contributed by atoms with Crippen LogP contribution >= 0.6 is 0 Å². The molecule has 0 spiro atoms. The standard InChI is InChI=1S/C30H42N6O4S.CH2O2/c1-4-32-26-16-24(17-27(18-26)36-13-9-10-14-41(36,39)40)30(38)33-28(15-23-11-7-6-8-12-23)29(37)20-31-19-25-21-35(5-2)34-22(25)3;2-1-3/h6-8,11-12,16-18,21,28-29,31-32,37H,4-5,9-10,13-15,19-20H2,1-3H3,(H,33,38);1H,(H,2,3)/t28-,29+;/m0./s1. The van der Waals surface area contributed by atoms with Crippen LogP contribution in [-0.4, -0.2) is 78.3 Å². The van der Waals surface area contributed by atoms with Gasteiger partial charge < -0.3 is 26.2 Å². The molecular formula is C31H44N6O6S. The maximum atomic E-state index is 13.6. The number of carbonyl (C=O) groups excluding carboxylic acids is 1. The number of benzene rings is 2. The highest BCUT2D eigenvalue weighted by Gasteiger charge is 2.28. The number of carbonyl (C=O) groups is 2. The number of nitrogens with one attached hydrogen (secondary N) is 3. The van der Waals surface area contributed by atoms with Crippen LogP contribution in [0.1, 0.15) is 53.9 Å². The van der Waals surface area contributed by atoms with E-state index in [9.17, 15) is 18.3 Å². The first-order chi connectivity index (χ1) is 21.1. The van der Waals surface area contributed by atoms with E-state index in [-0.39, 0.29) is 24.7 Å². The number of carboxylic acid groups (broad SMARTS) is 1. The van der Waals surface area contributed by atoms with Crippen LogP contribution in [0.25, 0.3) is 0 Å². The summed E-state index contributed by atoms with van der Waals surface area (Å²) in [5.74, 6) is -0.280. The van der Waals surface area contributed by atoms with Crippen molar-refractivity contribution in [2.45, 2.75) is 65.3 Å². The summed E-state index contributed by atoms with van der Waals surface area (Å²) in [5.41, 5.74) is 4.45. The summed E-state index contributed by atoms with van der Waals surface area (Å²) in [6.07, 6.45) is 2.95. The van der Waals surface area contributed by atoms with Crippen molar-refractivity contribution in [2.24, 2.45) is 0 Å². The lowest BCUT2D eigenvalue weighted by atomic mass is 10.00. The molecule has 0 radical (unpaired) electrons. The molecule has 13 heteroatoms. The molecule has 1 saturated heterocycles. The zero-order chi connectivity index (χ0) is 32.1. The molecule has 3 aromatic rings. The van der Waals surface area contributed by atoms with Crippen LogP contribution in [0.4, 0.5) is 11.4 Å². The first kappa shape index (κ1) is 34.5. The molecule has 5 N–H and O–H groups in total. The zero-order valence-electron chi connectivity index (χ0n) is 25.6. The van der Waals surface area contributed by atoms with Gasteiger partial charge in [0, 0.05) is 55.7 Å². The highest BCUT2D eigenvalue weighted by atomic mass is 32.2. The minimum atomic E-state index is -3.44. The van der Waals surface area contributed by atoms with Gasteiger partial charge in [0.05, 0.1) is 29.3 Å². The normalized spacial score (nSPS) is 15.4. The quantitative estimate of drug-likeness (QED) is 0.179. The van der Waals surface area contributed by atoms with E-state index in [4.69, 9.17) is 9.90 Å². The van der Waals surface area contributed by atoms with Crippen LogP contribution in [0.15, 0.2) is 54.7 Å². The van der Waals surface area contributed by atoms with Gasteiger partial charge in [-0.15, -0.1) is 0 Å². The van der Waals surface area contributed by atoms with Gasteiger partial charge in [-0.2, -0.15) is 5.10 Å². The Morgan fingerprint density at radius 3 is 2.50 bits per heavy atom. The molecule has 1 aliphatic heterocycles. The highest BCUT2D eigenvalue weighted by molar-refractivity contribution is 7.92. The van der Waals surface area contributed by atoms with Crippen molar-refractivity contribution in [2.75, 3.05) is 35.0 Å². The van der Waals surface area contributed by atoms with Crippen LogP contribution in [-0.2, 0) is 34.3 Å². The van der Waals surface area contributed by atoms with E-state index in [1.165, 1.54) is 4.31 Å². The molecule has 1 fully saturated rings. The summed E-state index contributed by atoms with van der Waals surface area (Å²) in [7, 11) is -3.44. The summed E-state index contributed by atoms with van der Waals surface area (Å²) in [6.45, 7) is 8.30. The topological polar surface area (TPSA) is 166 Å². The van der Waals surface area contributed by atoms with Gasteiger partial charge in [0.15, 0.2) is 0 Å². The number of hydrogen-bond donors (Lipinski definition) is 5. The molecular weight excluding hydrogens is 584 g/mol. The van der Waals surface area contributed by atoms with Crippen molar-refractivity contribution in [1.82, 2.24) is 20.4 Å². The molecule has 0 bridgehead atoms. The third-order valence-corrected chi connectivity index (χ3v) is 9.19. The van der Waals surface area contributed by atoms with E-state index in [0.717, 1.165) is 29.8 Å². The molecule has 2 heterocycles. The molecule has 0 unspecified atom stereocenters. The molecule has 2 aromatic carbocycles. The third-order valence-electron chi connectivity index (χ3n) is 7.32.